The molecule has 0 atom stereocenters. The maximum absolute atomic E-state index is 4.21. The Morgan fingerprint density at radius 1 is 1.50 bits per heavy atom. The molecule has 2 rings (SSSR count). The third-order valence-electron chi connectivity index (χ3n) is 1.37. The summed E-state index contributed by atoms with van der Waals surface area (Å²) >= 11 is 4.21. The van der Waals surface area contributed by atoms with E-state index in [-0.39, 0.29) is 0 Å². The lowest BCUT2D eigenvalue weighted by Crippen LogP contribution is -1.69. The van der Waals surface area contributed by atoms with Crippen molar-refractivity contribution in [3.05, 3.63) is 24.5 Å². The van der Waals surface area contributed by atoms with E-state index in [1.54, 1.807) is 0 Å². The summed E-state index contributed by atoms with van der Waals surface area (Å²) in [5.41, 5.74) is 1.86. The number of nitrogens with one attached hydrogen (secondary N) is 1. The molecule has 1 aromatic heterocycles. The maximum atomic E-state index is 4.21. The number of nitrogens with zero attached hydrogens (tertiary/aromatic N) is 1. The van der Waals surface area contributed by atoms with Crippen LogP contribution in [0.3, 0.4) is 0 Å². The Kier molecular flexibility index (Phi) is 1.17. The minimum absolute atomic E-state index is 0.880. The molecule has 3 heteroatoms. The van der Waals surface area contributed by atoms with E-state index in [0.717, 1.165) is 15.9 Å². The maximum Gasteiger partial charge on any atom is 0.174 e. The molecular weight excluding hydrogens is 144 g/mol. The first kappa shape index (κ1) is 5.80. The molecule has 1 heterocycles. The number of rotatable bonds is 0. The summed E-state index contributed by atoms with van der Waals surface area (Å²) in [5.74, 6) is 0. The van der Waals surface area contributed by atoms with Crippen LogP contribution in [0.5, 0.6) is 0 Å². The average molecular weight is 149 g/mol. The third-order valence-corrected chi connectivity index (χ3v) is 1.73. The van der Waals surface area contributed by atoms with E-state index >= 15 is 0 Å². The van der Waals surface area contributed by atoms with Crippen LogP contribution in [0.25, 0.3) is 11.0 Å². The topological polar surface area (TPSA) is 28.7 Å². The molecule has 0 unspecified atom stereocenters. The summed E-state index contributed by atoms with van der Waals surface area (Å²) < 4.78 is 0. The van der Waals surface area contributed by atoms with Crippen molar-refractivity contribution in [1.29, 1.82) is 0 Å². The molecule has 10 heavy (non-hydrogen) atoms. The van der Waals surface area contributed by atoms with Gasteiger partial charge in [0, 0.05) is 4.90 Å². The first-order valence-electron chi connectivity index (χ1n) is 2.91. The number of aromatic amines is 1. The molecule has 0 saturated carbocycles. The number of fused-ring (bicyclic) bond motifs is 1. The number of hydrogen-bond donors (Lipinski definition) is 2. The molecular formula is C7H5N2S. The zero-order chi connectivity index (χ0) is 6.97. The Hall–Kier alpha value is -0.960. The molecule has 1 N–H and O–H groups in total. The van der Waals surface area contributed by atoms with Gasteiger partial charge in [0.15, 0.2) is 6.33 Å². The van der Waals surface area contributed by atoms with Crippen molar-refractivity contribution >= 4 is 23.7 Å². The van der Waals surface area contributed by atoms with Gasteiger partial charge in [0.2, 0.25) is 0 Å². The average Bonchev–Trinajstić information content (AvgIpc) is 2.36. The Labute approximate surface area is 63.7 Å². The molecule has 0 aliphatic carbocycles. The van der Waals surface area contributed by atoms with Crippen molar-refractivity contribution < 1.29 is 0 Å². The predicted octanol–water partition coefficient (Wildman–Crippen LogP) is 1.65. The van der Waals surface area contributed by atoms with Gasteiger partial charge in [-0.15, -0.1) is 12.6 Å². The summed E-state index contributed by atoms with van der Waals surface area (Å²) in [6.45, 7) is 0. The predicted molar refractivity (Wildman–Crippen MR) is 42.2 cm³/mol. The SMILES string of the molecule is Sc1cccc2[nH][c]nc12. The highest BCUT2D eigenvalue weighted by Crippen LogP contribution is 2.16. The monoisotopic (exact) mass is 149 g/mol. The molecule has 0 saturated heterocycles. The number of benzene rings is 1. The van der Waals surface area contributed by atoms with E-state index in [9.17, 15) is 0 Å². The second-order valence-electron chi connectivity index (χ2n) is 2.02. The molecule has 1 radical (unpaired) electrons. The van der Waals surface area contributed by atoms with E-state index in [0.29, 0.717) is 0 Å². The lowest BCUT2D eigenvalue weighted by molar-refractivity contribution is 1.31. The van der Waals surface area contributed by atoms with Crippen molar-refractivity contribution in [3.63, 3.8) is 0 Å². The standard InChI is InChI=1S/C7H5N2S/c10-6-3-1-2-5-7(6)9-4-8-5/h1-3,10H,(H,8,9). The minimum Gasteiger partial charge on any atom is -0.335 e. The van der Waals surface area contributed by atoms with Crippen LogP contribution in [-0.2, 0) is 0 Å². The fourth-order valence-corrected chi connectivity index (χ4v) is 1.15. The van der Waals surface area contributed by atoms with E-state index < -0.39 is 0 Å². The van der Waals surface area contributed by atoms with E-state index in [4.69, 9.17) is 0 Å². The van der Waals surface area contributed by atoms with Gasteiger partial charge in [-0.1, -0.05) is 6.07 Å². The molecule has 49 valence electrons. The van der Waals surface area contributed by atoms with Crippen LogP contribution in [0, 0.1) is 6.33 Å². The molecule has 2 nitrogen and oxygen atoms in total. The summed E-state index contributed by atoms with van der Waals surface area (Å²) in [6, 6.07) is 5.77. The first-order chi connectivity index (χ1) is 4.88. The quantitative estimate of drug-likeness (QED) is 0.548. The van der Waals surface area contributed by atoms with E-state index in [2.05, 4.69) is 28.9 Å². The van der Waals surface area contributed by atoms with Crippen LogP contribution >= 0.6 is 12.6 Å². The normalized spacial score (nSPS) is 10.5. The molecule has 1 aromatic carbocycles. The molecule has 0 amide bonds. The number of thiol groups is 1. The number of aromatic nitrogens is 2. The van der Waals surface area contributed by atoms with Gasteiger partial charge in [-0.2, -0.15) is 0 Å². The van der Waals surface area contributed by atoms with Crippen LogP contribution in [0.1, 0.15) is 0 Å². The molecule has 0 bridgehead atoms. The summed E-state index contributed by atoms with van der Waals surface area (Å²) in [7, 11) is 0. The Bertz CT molecular complexity index is 353. The van der Waals surface area contributed by atoms with Crippen LogP contribution < -0.4 is 0 Å². The Balaban J connectivity index is 2.95. The van der Waals surface area contributed by atoms with Crippen molar-refractivity contribution in [1.82, 2.24) is 9.97 Å². The Morgan fingerprint density at radius 2 is 2.40 bits per heavy atom. The lowest BCUT2D eigenvalue weighted by atomic mass is 10.3. The Morgan fingerprint density at radius 3 is 3.20 bits per heavy atom. The van der Waals surface area contributed by atoms with Crippen LogP contribution in [0.2, 0.25) is 0 Å². The summed E-state index contributed by atoms with van der Waals surface area (Å²) in [5, 5.41) is 0. The highest BCUT2D eigenvalue weighted by Gasteiger charge is 1.96. The highest BCUT2D eigenvalue weighted by molar-refractivity contribution is 7.80. The summed E-state index contributed by atoms with van der Waals surface area (Å²) in [6.07, 6.45) is 2.65. The van der Waals surface area contributed by atoms with Gasteiger partial charge < -0.3 is 4.98 Å². The highest BCUT2D eigenvalue weighted by atomic mass is 32.1. The zero-order valence-corrected chi connectivity index (χ0v) is 6.02. The smallest absolute Gasteiger partial charge is 0.174 e. The molecule has 0 fully saturated rings. The molecule has 0 spiro atoms. The van der Waals surface area contributed by atoms with E-state index in [1.807, 2.05) is 18.2 Å². The van der Waals surface area contributed by atoms with Crippen molar-refractivity contribution in [2.45, 2.75) is 4.90 Å². The van der Waals surface area contributed by atoms with Crippen molar-refractivity contribution in [3.8, 4) is 0 Å². The second-order valence-corrected chi connectivity index (χ2v) is 2.50. The van der Waals surface area contributed by atoms with Gasteiger partial charge in [-0.25, -0.2) is 4.98 Å². The largest absolute Gasteiger partial charge is 0.335 e. The molecule has 0 aliphatic heterocycles. The van der Waals surface area contributed by atoms with Gasteiger partial charge in [0.05, 0.1) is 5.52 Å². The fourth-order valence-electron chi connectivity index (χ4n) is 0.894. The van der Waals surface area contributed by atoms with Crippen LogP contribution in [-0.4, -0.2) is 9.97 Å². The third kappa shape index (κ3) is 0.708. The lowest BCUT2D eigenvalue weighted by Gasteiger charge is -1.89. The van der Waals surface area contributed by atoms with E-state index in [1.165, 1.54) is 0 Å². The van der Waals surface area contributed by atoms with Gasteiger partial charge in [0.25, 0.3) is 0 Å². The molecule has 2 aromatic rings. The van der Waals surface area contributed by atoms with Gasteiger partial charge in [-0.05, 0) is 12.1 Å². The second kappa shape index (κ2) is 2.02. The summed E-state index contributed by atoms with van der Waals surface area (Å²) in [4.78, 5) is 7.72. The van der Waals surface area contributed by atoms with Gasteiger partial charge in [-0.3, -0.25) is 0 Å². The van der Waals surface area contributed by atoms with Crippen LogP contribution in [0.15, 0.2) is 23.1 Å². The van der Waals surface area contributed by atoms with Crippen LogP contribution in [0.4, 0.5) is 0 Å². The van der Waals surface area contributed by atoms with Crippen molar-refractivity contribution in [2.75, 3.05) is 0 Å². The first-order valence-corrected chi connectivity index (χ1v) is 3.36. The zero-order valence-electron chi connectivity index (χ0n) is 5.13. The minimum atomic E-state index is 0.880. The molecule has 0 aliphatic rings. The van der Waals surface area contributed by atoms with Gasteiger partial charge in [0.1, 0.15) is 5.52 Å². The number of para-hydroxylation sites is 1. The number of imidazole rings is 1. The van der Waals surface area contributed by atoms with Crippen molar-refractivity contribution in [2.24, 2.45) is 0 Å². The number of H-pyrrole nitrogens is 1. The van der Waals surface area contributed by atoms with Gasteiger partial charge >= 0.3 is 0 Å². The number of hydrogen-bond acceptors (Lipinski definition) is 2. The fraction of sp³-hybridized carbons (Fsp3) is 0.